The average molecular weight is 396 g/mol. The van der Waals surface area contributed by atoms with E-state index >= 15 is 0 Å². The van der Waals surface area contributed by atoms with E-state index in [9.17, 15) is 4.79 Å². The van der Waals surface area contributed by atoms with Crippen molar-refractivity contribution < 1.29 is 9.53 Å². The Hall–Kier alpha value is -1.80. The number of hydrogen-bond donors (Lipinski definition) is 1. The van der Waals surface area contributed by atoms with Crippen molar-refractivity contribution in [2.45, 2.75) is 55.5 Å². The highest BCUT2D eigenvalue weighted by atomic mass is 35.5. The monoisotopic (exact) mass is 395 g/mol. The zero-order valence-electron chi connectivity index (χ0n) is 14.8. The van der Waals surface area contributed by atoms with Gasteiger partial charge < -0.3 is 10.1 Å². The summed E-state index contributed by atoms with van der Waals surface area (Å²) in [7, 11) is 1.55. The quantitative estimate of drug-likeness (QED) is 0.745. The minimum atomic E-state index is -0.343. The minimum absolute atomic E-state index is 0.130. The number of tetrazole rings is 1. The van der Waals surface area contributed by atoms with Gasteiger partial charge in [0.1, 0.15) is 5.75 Å². The number of halogens is 1. The Morgan fingerprint density at radius 3 is 2.85 bits per heavy atom. The Kier molecular flexibility index (Phi) is 6.37. The molecule has 0 bridgehead atoms. The van der Waals surface area contributed by atoms with Crippen LogP contribution in [0.3, 0.4) is 0 Å². The second-order valence-electron chi connectivity index (χ2n) is 6.30. The van der Waals surface area contributed by atoms with Crippen molar-refractivity contribution in [2.75, 3.05) is 12.4 Å². The van der Waals surface area contributed by atoms with Crippen LogP contribution in [0.25, 0.3) is 0 Å². The van der Waals surface area contributed by atoms with Crippen LogP contribution in [0.4, 0.5) is 5.69 Å². The second kappa shape index (κ2) is 8.73. The standard InChI is InChI=1S/C17H22ClN5O2S/c1-11(16(24)19-12-8-9-15(25-2)14(18)10-12)26-17-20-21-22-23(17)13-6-4-3-5-7-13/h8-11,13H,3-7H2,1-2H3,(H,19,24). The van der Waals surface area contributed by atoms with Crippen LogP contribution < -0.4 is 10.1 Å². The van der Waals surface area contributed by atoms with E-state index in [1.807, 2.05) is 11.6 Å². The largest absolute Gasteiger partial charge is 0.495 e. The van der Waals surface area contributed by atoms with Gasteiger partial charge in [-0.25, -0.2) is 4.68 Å². The number of thioether (sulfide) groups is 1. The molecule has 1 amide bonds. The number of nitrogens with one attached hydrogen (secondary N) is 1. The van der Waals surface area contributed by atoms with E-state index in [0.717, 1.165) is 12.8 Å². The molecule has 0 radical (unpaired) electrons. The van der Waals surface area contributed by atoms with E-state index in [0.29, 0.717) is 27.7 Å². The number of rotatable bonds is 6. The first-order valence-corrected chi connectivity index (χ1v) is 9.93. The van der Waals surface area contributed by atoms with Crippen molar-refractivity contribution in [2.24, 2.45) is 0 Å². The Balaban J connectivity index is 1.63. The molecule has 1 aliphatic rings. The van der Waals surface area contributed by atoms with Crippen LogP contribution in [-0.2, 0) is 4.79 Å². The molecule has 1 aliphatic carbocycles. The molecule has 1 N–H and O–H groups in total. The van der Waals surface area contributed by atoms with E-state index in [2.05, 4.69) is 20.8 Å². The summed E-state index contributed by atoms with van der Waals surface area (Å²) in [5, 5.41) is 15.7. The number of aromatic nitrogens is 4. The lowest BCUT2D eigenvalue weighted by Crippen LogP contribution is -2.23. The first-order chi connectivity index (χ1) is 12.6. The van der Waals surface area contributed by atoms with Crippen LogP contribution in [0.1, 0.15) is 45.1 Å². The van der Waals surface area contributed by atoms with E-state index in [1.165, 1.54) is 31.0 Å². The summed E-state index contributed by atoms with van der Waals surface area (Å²) in [4.78, 5) is 12.5. The highest BCUT2D eigenvalue weighted by Crippen LogP contribution is 2.32. The number of hydrogen-bond acceptors (Lipinski definition) is 6. The lowest BCUT2D eigenvalue weighted by atomic mass is 9.96. The van der Waals surface area contributed by atoms with Gasteiger partial charge in [-0.2, -0.15) is 0 Å². The van der Waals surface area contributed by atoms with E-state index in [-0.39, 0.29) is 11.2 Å². The molecule has 26 heavy (non-hydrogen) atoms. The minimum Gasteiger partial charge on any atom is -0.495 e. The van der Waals surface area contributed by atoms with Gasteiger partial charge in [0.2, 0.25) is 11.1 Å². The maximum atomic E-state index is 12.5. The summed E-state index contributed by atoms with van der Waals surface area (Å²) in [6, 6.07) is 5.48. The normalized spacial score (nSPS) is 16.3. The third-order valence-corrected chi connectivity index (χ3v) is 5.80. The Morgan fingerprint density at radius 1 is 1.38 bits per heavy atom. The summed E-state index contributed by atoms with van der Waals surface area (Å²) in [6.07, 6.45) is 5.84. The smallest absolute Gasteiger partial charge is 0.237 e. The highest BCUT2D eigenvalue weighted by Gasteiger charge is 2.24. The topological polar surface area (TPSA) is 81.9 Å². The van der Waals surface area contributed by atoms with E-state index < -0.39 is 0 Å². The van der Waals surface area contributed by atoms with Gasteiger partial charge in [-0.3, -0.25) is 4.79 Å². The highest BCUT2D eigenvalue weighted by molar-refractivity contribution is 8.00. The van der Waals surface area contributed by atoms with Gasteiger partial charge in [0.05, 0.1) is 23.4 Å². The van der Waals surface area contributed by atoms with Gasteiger partial charge in [0.15, 0.2) is 0 Å². The molecule has 0 aliphatic heterocycles. The molecule has 1 aromatic carbocycles. The Morgan fingerprint density at radius 2 is 2.15 bits per heavy atom. The number of nitrogens with zero attached hydrogens (tertiary/aromatic N) is 4. The molecule has 2 aromatic rings. The number of carbonyl (C=O) groups excluding carboxylic acids is 1. The first kappa shape index (κ1) is 19.0. The molecule has 1 atom stereocenters. The molecule has 1 aromatic heterocycles. The molecule has 3 rings (SSSR count). The lowest BCUT2D eigenvalue weighted by Gasteiger charge is -2.22. The molecule has 1 fully saturated rings. The number of amides is 1. The molecular formula is C17H22ClN5O2S. The molecule has 9 heteroatoms. The number of ether oxygens (including phenoxy) is 1. The van der Waals surface area contributed by atoms with Gasteiger partial charge in [0.25, 0.3) is 0 Å². The van der Waals surface area contributed by atoms with Crippen LogP contribution in [0.2, 0.25) is 5.02 Å². The van der Waals surface area contributed by atoms with Crippen LogP contribution in [0.15, 0.2) is 23.4 Å². The van der Waals surface area contributed by atoms with Crippen molar-refractivity contribution in [3.8, 4) is 5.75 Å². The van der Waals surface area contributed by atoms with Gasteiger partial charge in [-0.15, -0.1) is 5.10 Å². The summed E-state index contributed by atoms with van der Waals surface area (Å²) in [5.74, 6) is 0.438. The van der Waals surface area contributed by atoms with Crippen LogP contribution >= 0.6 is 23.4 Å². The van der Waals surface area contributed by atoms with E-state index in [1.54, 1.807) is 25.3 Å². The molecule has 1 unspecified atom stereocenters. The number of carbonyl (C=O) groups is 1. The van der Waals surface area contributed by atoms with Crippen LogP contribution in [0, 0.1) is 0 Å². The third-order valence-electron chi connectivity index (χ3n) is 4.45. The van der Waals surface area contributed by atoms with Crippen LogP contribution in [0.5, 0.6) is 5.75 Å². The third kappa shape index (κ3) is 4.48. The predicted octanol–water partition coefficient (Wildman–Crippen LogP) is 3.96. The Labute approximate surface area is 161 Å². The summed E-state index contributed by atoms with van der Waals surface area (Å²) in [6.45, 7) is 1.84. The zero-order valence-corrected chi connectivity index (χ0v) is 16.4. The SMILES string of the molecule is COc1ccc(NC(=O)C(C)Sc2nnnn2C2CCCCC2)cc1Cl. The summed E-state index contributed by atoms with van der Waals surface area (Å²) in [5.41, 5.74) is 0.625. The van der Waals surface area contributed by atoms with Gasteiger partial charge in [-0.05, 0) is 48.4 Å². The van der Waals surface area contributed by atoms with Gasteiger partial charge in [0, 0.05) is 5.69 Å². The summed E-state index contributed by atoms with van der Waals surface area (Å²) < 4.78 is 6.99. The van der Waals surface area contributed by atoms with Gasteiger partial charge in [-0.1, -0.05) is 42.6 Å². The molecule has 0 saturated heterocycles. The zero-order chi connectivity index (χ0) is 18.5. The molecule has 140 valence electrons. The molecule has 7 nitrogen and oxygen atoms in total. The van der Waals surface area contributed by atoms with Crippen molar-refractivity contribution in [1.29, 1.82) is 0 Å². The predicted molar refractivity (Wildman–Crippen MR) is 102 cm³/mol. The average Bonchev–Trinajstić information content (AvgIpc) is 3.10. The summed E-state index contributed by atoms with van der Waals surface area (Å²) >= 11 is 7.47. The van der Waals surface area contributed by atoms with Gasteiger partial charge >= 0.3 is 0 Å². The number of methoxy groups -OCH3 is 1. The number of benzene rings is 1. The second-order valence-corrected chi connectivity index (χ2v) is 8.01. The van der Waals surface area contributed by atoms with Crippen molar-refractivity contribution in [3.05, 3.63) is 23.2 Å². The fourth-order valence-electron chi connectivity index (χ4n) is 3.02. The molecule has 1 heterocycles. The Bertz CT molecular complexity index is 763. The fraction of sp³-hybridized carbons (Fsp3) is 0.529. The molecular weight excluding hydrogens is 374 g/mol. The van der Waals surface area contributed by atoms with Crippen molar-refractivity contribution in [1.82, 2.24) is 20.2 Å². The maximum Gasteiger partial charge on any atom is 0.237 e. The maximum absolute atomic E-state index is 12.5. The number of anilines is 1. The molecule has 0 spiro atoms. The van der Waals surface area contributed by atoms with E-state index in [4.69, 9.17) is 16.3 Å². The molecule has 1 saturated carbocycles. The van der Waals surface area contributed by atoms with Crippen molar-refractivity contribution in [3.63, 3.8) is 0 Å². The lowest BCUT2D eigenvalue weighted by molar-refractivity contribution is -0.115. The van der Waals surface area contributed by atoms with Crippen LogP contribution in [-0.4, -0.2) is 38.5 Å². The van der Waals surface area contributed by atoms with Crippen molar-refractivity contribution >= 4 is 35.0 Å². The fourth-order valence-corrected chi connectivity index (χ4v) is 4.13. The first-order valence-electron chi connectivity index (χ1n) is 8.67.